The number of hydrogen-bond acceptors (Lipinski definition) is 1. The molecular weight excluding hydrogens is 258 g/mol. The van der Waals surface area contributed by atoms with E-state index in [2.05, 4.69) is 22.2 Å². The Morgan fingerprint density at radius 3 is 1.90 bits per heavy atom. The molecule has 100 valence electrons. The van der Waals surface area contributed by atoms with Gasteiger partial charge in [-0.2, -0.15) is 0 Å². The van der Waals surface area contributed by atoms with Crippen molar-refractivity contribution in [1.82, 2.24) is 0 Å². The van der Waals surface area contributed by atoms with Gasteiger partial charge in [-0.1, -0.05) is 84.0 Å². The molecule has 3 aromatic rings. The molecule has 0 amide bonds. The fraction of sp³-hybridized carbons (Fsp3) is 0. The van der Waals surface area contributed by atoms with E-state index in [9.17, 15) is 0 Å². The lowest BCUT2D eigenvalue weighted by atomic mass is 9.93. The second-order valence-corrected chi connectivity index (χ2v) is 4.62. The molecule has 0 aliphatic carbocycles. The zero-order valence-electron chi connectivity index (χ0n) is 11.3. The first-order valence-electron chi connectivity index (χ1n) is 6.69. The van der Waals surface area contributed by atoms with E-state index in [1.54, 1.807) is 0 Å². The van der Waals surface area contributed by atoms with Crippen LogP contribution in [0.25, 0.3) is 32.7 Å². The van der Waals surface area contributed by atoms with Crippen LogP contribution in [-0.2, 0) is 0 Å². The maximum absolute atomic E-state index is 8.81. The van der Waals surface area contributed by atoms with Crippen molar-refractivity contribution in [3.05, 3.63) is 89.3 Å². The minimum absolute atomic E-state index is 0.644. The summed E-state index contributed by atoms with van der Waals surface area (Å²) < 4.78 is 0. The Hall–Kier alpha value is -3.03. The van der Waals surface area contributed by atoms with Crippen molar-refractivity contribution in [1.29, 1.82) is 0 Å². The first kappa shape index (κ1) is 13.0. The third-order valence-electron chi connectivity index (χ3n) is 3.34. The summed E-state index contributed by atoms with van der Waals surface area (Å²) in [5.74, 6) is 0. The lowest BCUT2D eigenvalue weighted by Gasteiger charge is -2.13. The first-order valence-corrected chi connectivity index (χ1v) is 6.69. The van der Waals surface area contributed by atoms with Crippen LogP contribution in [0.1, 0.15) is 0 Å². The number of nitrogens with zero attached hydrogens (tertiary/aromatic N) is 3. The first-order chi connectivity index (χ1) is 10.4. The molecule has 0 saturated carbocycles. The topological polar surface area (TPSA) is 48.8 Å². The van der Waals surface area contributed by atoms with Gasteiger partial charge in [-0.25, -0.2) is 0 Å². The summed E-state index contributed by atoms with van der Waals surface area (Å²) in [7, 11) is 0. The Morgan fingerprint density at radius 1 is 0.667 bits per heavy atom. The van der Waals surface area contributed by atoms with Crippen LogP contribution in [0.4, 0.5) is 5.69 Å². The molecule has 0 aliphatic heterocycles. The number of hydrogen-bond donors (Lipinski definition) is 0. The van der Waals surface area contributed by atoms with E-state index in [4.69, 9.17) is 5.53 Å². The average molecular weight is 271 g/mol. The number of rotatable bonds is 3. The predicted molar refractivity (Wildman–Crippen MR) is 86.1 cm³/mol. The van der Waals surface area contributed by atoms with Gasteiger partial charge in [-0.15, -0.1) is 0 Å². The molecule has 0 aromatic heterocycles. The summed E-state index contributed by atoms with van der Waals surface area (Å²) in [5, 5.41) is 3.85. The highest BCUT2D eigenvalue weighted by Crippen LogP contribution is 2.39. The smallest absolute Gasteiger partial charge is 0.0460 e. The lowest BCUT2D eigenvalue weighted by molar-refractivity contribution is 1.46. The molecule has 0 bridgehead atoms. The molecule has 3 aromatic carbocycles. The van der Waals surface area contributed by atoms with Gasteiger partial charge in [0.15, 0.2) is 0 Å². The summed E-state index contributed by atoms with van der Waals surface area (Å²) in [5.41, 5.74) is 13.6. The molecule has 0 N–H and O–H groups in total. The van der Waals surface area contributed by atoms with E-state index in [0.717, 1.165) is 22.3 Å². The van der Waals surface area contributed by atoms with E-state index in [1.165, 1.54) is 0 Å². The van der Waals surface area contributed by atoms with Crippen molar-refractivity contribution in [2.45, 2.75) is 0 Å². The van der Waals surface area contributed by atoms with Gasteiger partial charge in [-0.3, -0.25) is 0 Å². The lowest BCUT2D eigenvalue weighted by Crippen LogP contribution is -1.85. The Kier molecular flexibility index (Phi) is 3.68. The van der Waals surface area contributed by atoms with Crippen molar-refractivity contribution in [3.8, 4) is 22.3 Å². The van der Waals surface area contributed by atoms with E-state index >= 15 is 0 Å². The van der Waals surface area contributed by atoms with Crippen molar-refractivity contribution in [2.24, 2.45) is 5.11 Å². The van der Waals surface area contributed by atoms with Gasteiger partial charge >= 0.3 is 0 Å². The molecule has 0 fully saturated rings. The molecule has 3 heteroatoms. The second-order valence-electron chi connectivity index (χ2n) is 4.62. The minimum atomic E-state index is 0.644. The maximum Gasteiger partial charge on any atom is 0.0460 e. The van der Waals surface area contributed by atoms with Crippen LogP contribution >= 0.6 is 0 Å². The second kappa shape index (κ2) is 5.95. The summed E-state index contributed by atoms with van der Waals surface area (Å²) in [6, 6.07) is 25.9. The molecule has 0 heterocycles. The molecule has 0 saturated heterocycles. The quantitative estimate of drug-likeness (QED) is 0.320. The van der Waals surface area contributed by atoms with Crippen LogP contribution in [0, 0.1) is 0 Å². The van der Waals surface area contributed by atoms with Crippen LogP contribution in [0.15, 0.2) is 84.0 Å². The van der Waals surface area contributed by atoms with Crippen LogP contribution in [0.3, 0.4) is 0 Å². The molecule has 0 atom stereocenters. The molecule has 0 spiro atoms. The number of benzene rings is 3. The standard InChI is InChI=1S/C18H13N3/c19-21-20-17-13-7-12-16(14-8-3-1-4-9-14)18(17)15-10-5-2-6-11-15/h1-13H. The van der Waals surface area contributed by atoms with Gasteiger partial charge in [0.1, 0.15) is 0 Å². The summed E-state index contributed by atoms with van der Waals surface area (Å²) in [6.45, 7) is 0. The minimum Gasteiger partial charge on any atom is -0.0622 e. The molecule has 0 aliphatic rings. The Labute approximate surface area is 123 Å². The van der Waals surface area contributed by atoms with Crippen molar-refractivity contribution in [3.63, 3.8) is 0 Å². The molecular formula is C18H13N3. The van der Waals surface area contributed by atoms with Gasteiger partial charge < -0.3 is 0 Å². The summed E-state index contributed by atoms with van der Waals surface area (Å²) in [6.07, 6.45) is 0. The fourth-order valence-electron chi connectivity index (χ4n) is 2.44. The average Bonchev–Trinajstić information content (AvgIpc) is 2.56. The van der Waals surface area contributed by atoms with Crippen LogP contribution < -0.4 is 0 Å². The highest BCUT2D eigenvalue weighted by atomic mass is 15.1. The van der Waals surface area contributed by atoms with Crippen molar-refractivity contribution >= 4 is 5.69 Å². The number of azide groups is 1. The molecule has 3 rings (SSSR count). The third-order valence-corrected chi connectivity index (χ3v) is 3.34. The Morgan fingerprint density at radius 2 is 1.29 bits per heavy atom. The van der Waals surface area contributed by atoms with Crippen molar-refractivity contribution in [2.75, 3.05) is 0 Å². The zero-order chi connectivity index (χ0) is 14.5. The monoisotopic (exact) mass is 271 g/mol. The van der Waals surface area contributed by atoms with Gasteiger partial charge in [0.2, 0.25) is 0 Å². The largest absolute Gasteiger partial charge is 0.0622 e. The highest BCUT2D eigenvalue weighted by molar-refractivity contribution is 5.90. The summed E-state index contributed by atoms with van der Waals surface area (Å²) in [4.78, 5) is 2.95. The van der Waals surface area contributed by atoms with Crippen molar-refractivity contribution < 1.29 is 0 Å². The fourth-order valence-corrected chi connectivity index (χ4v) is 2.44. The van der Waals surface area contributed by atoms with E-state index in [0.29, 0.717) is 5.69 Å². The maximum atomic E-state index is 8.81. The van der Waals surface area contributed by atoms with Gasteiger partial charge in [0, 0.05) is 10.6 Å². The molecule has 0 unspecified atom stereocenters. The normalized spacial score (nSPS) is 9.90. The van der Waals surface area contributed by atoms with E-state index < -0.39 is 0 Å². The third kappa shape index (κ3) is 2.64. The Balaban J connectivity index is 2.31. The van der Waals surface area contributed by atoms with Gasteiger partial charge in [0.25, 0.3) is 0 Å². The van der Waals surface area contributed by atoms with Gasteiger partial charge in [-0.05, 0) is 27.8 Å². The van der Waals surface area contributed by atoms with Crippen LogP contribution in [0.2, 0.25) is 0 Å². The molecule has 21 heavy (non-hydrogen) atoms. The Bertz CT molecular complexity index is 789. The predicted octanol–water partition coefficient (Wildman–Crippen LogP) is 5.96. The van der Waals surface area contributed by atoms with Crippen LogP contribution in [0.5, 0.6) is 0 Å². The molecule has 3 nitrogen and oxygen atoms in total. The van der Waals surface area contributed by atoms with Gasteiger partial charge in [0.05, 0.1) is 0 Å². The van der Waals surface area contributed by atoms with Crippen LogP contribution in [-0.4, -0.2) is 0 Å². The SMILES string of the molecule is [N-]=[N+]=Nc1cccc(-c2ccccc2)c1-c1ccccc1. The van der Waals surface area contributed by atoms with E-state index in [-0.39, 0.29) is 0 Å². The van der Waals surface area contributed by atoms with E-state index in [1.807, 2.05) is 66.7 Å². The molecule has 0 radical (unpaired) electrons. The summed E-state index contributed by atoms with van der Waals surface area (Å²) >= 11 is 0. The zero-order valence-corrected chi connectivity index (χ0v) is 11.3. The highest BCUT2D eigenvalue weighted by Gasteiger charge is 2.10.